The van der Waals surface area contributed by atoms with Gasteiger partial charge in [0.15, 0.2) is 5.96 Å². The number of thioether (sulfide) groups is 1. The summed E-state index contributed by atoms with van der Waals surface area (Å²) >= 11 is 2.08. The Kier molecular flexibility index (Phi) is 9.13. The van der Waals surface area contributed by atoms with E-state index >= 15 is 0 Å². The minimum absolute atomic E-state index is 0.259. The van der Waals surface area contributed by atoms with E-state index < -0.39 is 0 Å². The molecule has 0 aromatic rings. The van der Waals surface area contributed by atoms with Crippen LogP contribution in [0.1, 0.15) is 32.1 Å². The zero-order valence-corrected chi connectivity index (χ0v) is 17.0. The van der Waals surface area contributed by atoms with Crippen molar-refractivity contribution < 1.29 is 4.74 Å². The Labute approximate surface area is 158 Å². The highest BCUT2D eigenvalue weighted by atomic mass is 32.2. The van der Waals surface area contributed by atoms with Crippen molar-refractivity contribution in [1.29, 1.82) is 0 Å². The molecule has 0 saturated carbocycles. The fourth-order valence-electron chi connectivity index (χ4n) is 3.68. The van der Waals surface area contributed by atoms with E-state index in [4.69, 9.17) is 4.74 Å². The van der Waals surface area contributed by atoms with Gasteiger partial charge < -0.3 is 15.0 Å². The number of morpholine rings is 1. The van der Waals surface area contributed by atoms with Crippen LogP contribution in [0.3, 0.4) is 0 Å². The summed E-state index contributed by atoms with van der Waals surface area (Å²) in [5.41, 5.74) is 0.259. The van der Waals surface area contributed by atoms with Crippen molar-refractivity contribution in [3.63, 3.8) is 0 Å². The SMILES string of the molecule is C=CCCCCCN(C)C(=NC)NCC1(N2CCOCC2)CCSC1. The van der Waals surface area contributed by atoms with Crippen LogP contribution in [0.2, 0.25) is 0 Å². The molecule has 0 spiro atoms. The molecule has 0 aliphatic carbocycles. The molecule has 0 radical (unpaired) electrons. The number of aliphatic imine (C=N–C) groups is 1. The summed E-state index contributed by atoms with van der Waals surface area (Å²) < 4.78 is 5.55. The first-order valence-electron chi connectivity index (χ1n) is 9.65. The summed E-state index contributed by atoms with van der Waals surface area (Å²) in [6.45, 7) is 9.66. The number of hydrogen-bond donors (Lipinski definition) is 1. The minimum Gasteiger partial charge on any atom is -0.379 e. The van der Waals surface area contributed by atoms with E-state index in [9.17, 15) is 0 Å². The van der Waals surface area contributed by atoms with Crippen LogP contribution < -0.4 is 5.32 Å². The number of ether oxygens (including phenoxy) is 1. The van der Waals surface area contributed by atoms with Gasteiger partial charge in [-0.25, -0.2) is 0 Å². The highest BCUT2D eigenvalue weighted by molar-refractivity contribution is 7.99. The number of unbranched alkanes of at least 4 members (excludes halogenated alkanes) is 3. The van der Waals surface area contributed by atoms with Gasteiger partial charge in [0.1, 0.15) is 0 Å². The molecule has 2 rings (SSSR count). The maximum absolute atomic E-state index is 5.55. The third-order valence-electron chi connectivity index (χ3n) is 5.32. The number of nitrogens with one attached hydrogen (secondary N) is 1. The number of rotatable bonds is 9. The van der Waals surface area contributed by atoms with Crippen molar-refractivity contribution in [2.75, 3.05) is 65.0 Å². The zero-order valence-electron chi connectivity index (χ0n) is 16.1. The Bertz CT molecular complexity index is 418. The molecule has 1 atom stereocenters. The average Bonchev–Trinajstić information content (AvgIpc) is 3.13. The van der Waals surface area contributed by atoms with E-state index in [1.165, 1.54) is 37.2 Å². The standard InChI is InChI=1S/C19H36N4OS/c1-4-5-6-7-8-10-22(3)18(20-2)21-16-19(9-15-25-17-19)23-11-13-24-14-12-23/h4H,1,5-17H2,2-3H3,(H,20,21). The molecule has 2 fully saturated rings. The van der Waals surface area contributed by atoms with Gasteiger partial charge in [-0.05, 0) is 31.4 Å². The molecule has 0 amide bonds. The number of allylic oxidation sites excluding steroid dienone is 1. The zero-order chi connectivity index (χ0) is 18.0. The fraction of sp³-hybridized carbons (Fsp3) is 0.842. The monoisotopic (exact) mass is 368 g/mol. The fourth-order valence-corrected chi connectivity index (χ4v) is 5.16. The van der Waals surface area contributed by atoms with Crippen molar-refractivity contribution in [3.8, 4) is 0 Å². The van der Waals surface area contributed by atoms with Crippen LogP contribution in [-0.2, 0) is 4.74 Å². The molecule has 1 unspecified atom stereocenters. The summed E-state index contributed by atoms with van der Waals surface area (Å²) in [4.78, 5) is 9.42. The van der Waals surface area contributed by atoms with Crippen molar-refractivity contribution in [1.82, 2.24) is 15.1 Å². The van der Waals surface area contributed by atoms with Crippen LogP contribution in [0.5, 0.6) is 0 Å². The van der Waals surface area contributed by atoms with Gasteiger partial charge >= 0.3 is 0 Å². The van der Waals surface area contributed by atoms with Gasteiger partial charge in [-0.1, -0.05) is 12.5 Å². The van der Waals surface area contributed by atoms with Crippen LogP contribution in [0.4, 0.5) is 0 Å². The van der Waals surface area contributed by atoms with Crippen LogP contribution >= 0.6 is 11.8 Å². The van der Waals surface area contributed by atoms with E-state index in [1.54, 1.807) is 0 Å². The van der Waals surface area contributed by atoms with E-state index in [0.717, 1.165) is 51.8 Å². The first-order valence-corrected chi connectivity index (χ1v) is 10.8. The van der Waals surface area contributed by atoms with Crippen molar-refractivity contribution in [3.05, 3.63) is 12.7 Å². The quantitative estimate of drug-likeness (QED) is 0.293. The van der Waals surface area contributed by atoms with Crippen LogP contribution in [-0.4, -0.2) is 86.3 Å². The third-order valence-corrected chi connectivity index (χ3v) is 6.55. The van der Waals surface area contributed by atoms with Gasteiger partial charge in [0.25, 0.3) is 0 Å². The van der Waals surface area contributed by atoms with E-state index in [2.05, 4.69) is 45.5 Å². The number of guanidine groups is 1. The molecule has 1 N–H and O–H groups in total. The molecule has 0 aromatic carbocycles. The van der Waals surface area contributed by atoms with Gasteiger partial charge in [-0.2, -0.15) is 11.8 Å². The van der Waals surface area contributed by atoms with Crippen LogP contribution in [0.25, 0.3) is 0 Å². The second kappa shape index (κ2) is 11.1. The molecular formula is C19H36N4OS. The molecule has 2 aliphatic heterocycles. The minimum atomic E-state index is 0.259. The molecule has 2 aliphatic rings. The Morgan fingerprint density at radius 1 is 1.36 bits per heavy atom. The van der Waals surface area contributed by atoms with Gasteiger partial charge in [0, 0.05) is 51.6 Å². The van der Waals surface area contributed by atoms with Gasteiger partial charge in [0.2, 0.25) is 0 Å². The first kappa shape index (κ1) is 20.6. The first-order chi connectivity index (χ1) is 12.2. The van der Waals surface area contributed by atoms with E-state index in [1.807, 2.05) is 13.1 Å². The highest BCUT2D eigenvalue weighted by Crippen LogP contribution is 2.33. The summed E-state index contributed by atoms with van der Waals surface area (Å²) in [6.07, 6.45) is 8.08. The number of nitrogens with zero attached hydrogens (tertiary/aromatic N) is 3. The number of hydrogen-bond acceptors (Lipinski definition) is 4. The molecule has 2 saturated heterocycles. The lowest BCUT2D eigenvalue weighted by atomic mass is 9.95. The Hall–Kier alpha value is -0.720. The van der Waals surface area contributed by atoms with E-state index in [-0.39, 0.29) is 5.54 Å². The van der Waals surface area contributed by atoms with Crippen molar-refractivity contribution in [2.24, 2.45) is 4.99 Å². The van der Waals surface area contributed by atoms with Gasteiger partial charge in [-0.3, -0.25) is 9.89 Å². The average molecular weight is 369 g/mol. The lowest BCUT2D eigenvalue weighted by Crippen LogP contribution is -2.60. The Balaban J connectivity index is 1.81. The van der Waals surface area contributed by atoms with Crippen molar-refractivity contribution >= 4 is 17.7 Å². The smallest absolute Gasteiger partial charge is 0.193 e. The predicted molar refractivity (Wildman–Crippen MR) is 110 cm³/mol. The molecule has 2 heterocycles. The Morgan fingerprint density at radius 3 is 2.80 bits per heavy atom. The van der Waals surface area contributed by atoms with Gasteiger partial charge in [-0.15, -0.1) is 6.58 Å². The second-order valence-electron chi connectivity index (χ2n) is 7.09. The molecular weight excluding hydrogens is 332 g/mol. The molecule has 25 heavy (non-hydrogen) atoms. The molecule has 0 aromatic heterocycles. The summed E-state index contributed by atoms with van der Waals surface area (Å²) in [5.74, 6) is 3.49. The normalized spacial score (nSPS) is 25.1. The van der Waals surface area contributed by atoms with Crippen LogP contribution in [0.15, 0.2) is 17.6 Å². The van der Waals surface area contributed by atoms with Gasteiger partial charge in [0.05, 0.1) is 13.2 Å². The molecule has 5 nitrogen and oxygen atoms in total. The van der Waals surface area contributed by atoms with Crippen LogP contribution in [0, 0.1) is 0 Å². The highest BCUT2D eigenvalue weighted by Gasteiger charge is 2.40. The largest absolute Gasteiger partial charge is 0.379 e. The Morgan fingerprint density at radius 2 is 2.16 bits per heavy atom. The maximum Gasteiger partial charge on any atom is 0.193 e. The molecule has 0 bridgehead atoms. The topological polar surface area (TPSA) is 40.1 Å². The summed E-state index contributed by atoms with van der Waals surface area (Å²) in [5, 5.41) is 3.67. The lowest BCUT2D eigenvalue weighted by molar-refractivity contribution is -0.0121. The van der Waals surface area contributed by atoms with Crippen molar-refractivity contribution in [2.45, 2.75) is 37.6 Å². The summed E-state index contributed by atoms with van der Waals surface area (Å²) in [7, 11) is 4.04. The second-order valence-corrected chi connectivity index (χ2v) is 8.19. The molecule has 144 valence electrons. The third kappa shape index (κ3) is 6.19. The maximum atomic E-state index is 5.55. The molecule has 6 heteroatoms. The lowest BCUT2D eigenvalue weighted by Gasteiger charge is -2.43. The summed E-state index contributed by atoms with van der Waals surface area (Å²) in [6, 6.07) is 0. The predicted octanol–water partition coefficient (Wildman–Crippen LogP) is 2.45. The van der Waals surface area contributed by atoms with E-state index in [0.29, 0.717) is 0 Å².